The predicted molar refractivity (Wildman–Crippen MR) is 55.7 cm³/mol. The first-order valence-electron chi connectivity index (χ1n) is 5.14. The topological polar surface area (TPSA) is 77.9 Å². The highest BCUT2D eigenvalue weighted by Gasteiger charge is 2.34. The molecule has 0 aromatic heterocycles. The summed E-state index contributed by atoms with van der Waals surface area (Å²) >= 11 is 0. The molecular formula is C10H16N2O4. The molecule has 2 amide bonds. The molecule has 0 aliphatic heterocycles. The van der Waals surface area contributed by atoms with E-state index in [0.717, 1.165) is 12.8 Å². The summed E-state index contributed by atoms with van der Waals surface area (Å²) in [6.07, 6.45) is 1.70. The molecule has 0 radical (unpaired) electrons. The summed E-state index contributed by atoms with van der Waals surface area (Å²) in [5, 5.41) is 8.68. The lowest BCUT2D eigenvalue weighted by atomic mass is 10.4. The molecule has 16 heavy (non-hydrogen) atoms. The van der Waals surface area contributed by atoms with Crippen LogP contribution in [0.4, 0.5) is 0 Å². The summed E-state index contributed by atoms with van der Waals surface area (Å²) in [7, 11) is 1.52. The lowest BCUT2D eigenvalue weighted by Gasteiger charge is -2.23. The van der Waals surface area contributed by atoms with Crippen LogP contribution in [0, 0.1) is 0 Å². The first kappa shape index (κ1) is 12.5. The SMILES string of the molecule is CC(=O)N(C)CC(=O)N(CC(=O)O)C1CC1. The van der Waals surface area contributed by atoms with Crippen molar-refractivity contribution < 1.29 is 19.5 Å². The van der Waals surface area contributed by atoms with E-state index < -0.39 is 5.97 Å². The molecule has 1 aliphatic carbocycles. The van der Waals surface area contributed by atoms with Crippen molar-refractivity contribution in [1.82, 2.24) is 9.80 Å². The molecule has 6 nitrogen and oxygen atoms in total. The van der Waals surface area contributed by atoms with Gasteiger partial charge < -0.3 is 14.9 Å². The van der Waals surface area contributed by atoms with Crippen molar-refractivity contribution in [2.45, 2.75) is 25.8 Å². The van der Waals surface area contributed by atoms with Crippen LogP contribution in [0.1, 0.15) is 19.8 Å². The molecule has 1 saturated carbocycles. The maximum atomic E-state index is 11.7. The van der Waals surface area contributed by atoms with Crippen LogP contribution in [0.15, 0.2) is 0 Å². The number of nitrogens with zero attached hydrogens (tertiary/aromatic N) is 2. The van der Waals surface area contributed by atoms with Crippen molar-refractivity contribution in [2.24, 2.45) is 0 Å². The molecular weight excluding hydrogens is 212 g/mol. The zero-order valence-electron chi connectivity index (χ0n) is 9.47. The smallest absolute Gasteiger partial charge is 0.323 e. The number of carboxylic acids is 1. The highest BCUT2D eigenvalue weighted by molar-refractivity contribution is 5.86. The van der Waals surface area contributed by atoms with E-state index in [4.69, 9.17) is 5.11 Å². The lowest BCUT2D eigenvalue weighted by Crippen LogP contribution is -2.43. The van der Waals surface area contributed by atoms with Gasteiger partial charge in [0.25, 0.3) is 0 Å². The van der Waals surface area contributed by atoms with Crippen molar-refractivity contribution in [2.75, 3.05) is 20.1 Å². The summed E-state index contributed by atoms with van der Waals surface area (Å²) in [5.74, 6) is -1.53. The van der Waals surface area contributed by atoms with Gasteiger partial charge in [0.15, 0.2) is 0 Å². The van der Waals surface area contributed by atoms with Crippen molar-refractivity contribution in [3.63, 3.8) is 0 Å². The van der Waals surface area contributed by atoms with Crippen molar-refractivity contribution in [3.8, 4) is 0 Å². The predicted octanol–water partition coefficient (Wildman–Crippen LogP) is -0.460. The third kappa shape index (κ3) is 3.52. The Labute approximate surface area is 93.8 Å². The fraction of sp³-hybridized carbons (Fsp3) is 0.700. The molecule has 0 aromatic rings. The monoisotopic (exact) mass is 228 g/mol. The molecule has 1 N–H and O–H groups in total. The van der Waals surface area contributed by atoms with Gasteiger partial charge in [-0.2, -0.15) is 0 Å². The normalized spacial score (nSPS) is 14.4. The third-order valence-corrected chi connectivity index (χ3v) is 2.52. The first-order chi connectivity index (χ1) is 7.41. The minimum absolute atomic E-state index is 0.0453. The van der Waals surface area contributed by atoms with Crippen molar-refractivity contribution in [3.05, 3.63) is 0 Å². The van der Waals surface area contributed by atoms with E-state index in [1.165, 1.54) is 23.8 Å². The molecule has 0 unspecified atom stereocenters. The largest absolute Gasteiger partial charge is 0.480 e. The van der Waals surface area contributed by atoms with Gasteiger partial charge >= 0.3 is 5.97 Å². The first-order valence-corrected chi connectivity index (χ1v) is 5.14. The maximum Gasteiger partial charge on any atom is 0.323 e. The molecule has 1 aliphatic rings. The van der Waals surface area contributed by atoms with E-state index in [9.17, 15) is 14.4 Å². The van der Waals surface area contributed by atoms with Crippen LogP contribution < -0.4 is 0 Å². The van der Waals surface area contributed by atoms with E-state index in [1.807, 2.05) is 0 Å². The highest BCUT2D eigenvalue weighted by atomic mass is 16.4. The second-order valence-corrected chi connectivity index (χ2v) is 4.02. The summed E-state index contributed by atoms with van der Waals surface area (Å²) < 4.78 is 0. The number of carboxylic acid groups (broad SMARTS) is 1. The van der Waals surface area contributed by atoms with Gasteiger partial charge in [0.05, 0.1) is 6.54 Å². The number of hydrogen-bond donors (Lipinski definition) is 1. The van der Waals surface area contributed by atoms with Gasteiger partial charge in [-0.15, -0.1) is 0 Å². The molecule has 0 saturated heterocycles. The molecule has 90 valence electrons. The minimum atomic E-state index is -1.02. The van der Waals surface area contributed by atoms with Crippen molar-refractivity contribution >= 4 is 17.8 Å². The molecule has 1 fully saturated rings. The van der Waals surface area contributed by atoms with Gasteiger partial charge in [0.1, 0.15) is 6.54 Å². The Morgan fingerprint density at radius 3 is 2.19 bits per heavy atom. The van der Waals surface area contributed by atoms with E-state index in [0.29, 0.717) is 0 Å². The zero-order valence-corrected chi connectivity index (χ0v) is 9.47. The standard InChI is InChI=1S/C10H16N2O4/c1-7(13)11(2)5-9(14)12(6-10(15)16)8-3-4-8/h8H,3-6H2,1-2H3,(H,15,16). The van der Waals surface area contributed by atoms with E-state index in [1.54, 1.807) is 0 Å². The second-order valence-electron chi connectivity index (χ2n) is 4.02. The molecule has 0 heterocycles. The Morgan fingerprint density at radius 2 is 1.81 bits per heavy atom. The quantitative estimate of drug-likeness (QED) is 0.690. The summed E-state index contributed by atoms with van der Waals surface area (Å²) in [4.78, 5) is 35.9. The number of carbonyl (C=O) groups excluding carboxylic acids is 2. The van der Waals surface area contributed by atoms with Crippen LogP contribution in [0.2, 0.25) is 0 Å². The van der Waals surface area contributed by atoms with Crippen LogP contribution in [0.25, 0.3) is 0 Å². The molecule has 0 bridgehead atoms. The molecule has 0 aromatic carbocycles. The van der Waals surface area contributed by atoms with Gasteiger partial charge in [-0.3, -0.25) is 14.4 Å². The zero-order chi connectivity index (χ0) is 12.3. The fourth-order valence-corrected chi connectivity index (χ4v) is 1.36. The minimum Gasteiger partial charge on any atom is -0.480 e. The molecule has 0 atom stereocenters. The van der Waals surface area contributed by atoms with Crippen LogP contribution in [-0.4, -0.2) is 58.9 Å². The van der Waals surface area contributed by atoms with Crippen LogP contribution >= 0.6 is 0 Å². The third-order valence-electron chi connectivity index (χ3n) is 2.52. The summed E-state index contributed by atoms with van der Waals surface area (Å²) in [6.45, 7) is 1.03. The Balaban J connectivity index is 2.53. The van der Waals surface area contributed by atoms with Gasteiger partial charge in [0.2, 0.25) is 11.8 Å². The summed E-state index contributed by atoms with van der Waals surface area (Å²) in [6, 6.07) is 0.0453. The number of hydrogen-bond acceptors (Lipinski definition) is 3. The Bertz CT molecular complexity index is 312. The number of carbonyl (C=O) groups is 3. The molecule has 0 spiro atoms. The Morgan fingerprint density at radius 1 is 1.25 bits per heavy atom. The molecule has 1 rings (SSSR count). The lowest BCUT2D eigenvalue weighted by molar-refractivity contribution is -0.146. The number of amides is 2. The second kappa shape index (κ2) is 4.96. The van der Waals surface area contributed by atoms with E-state index in [-0.39, 0.29) is 30.9 Å². The van der Waals surface area contributed by atoms with E-state index >= 15 is 0 Å². The number of aliphatic carboxylic acids is 1. The maximum absolute atomic E-state index is 11.7. The molecule has 6 heteroatoms. The number of rotatable bonds is 5. The van der Waals surface area contributed by atoms with Gasteiger partial charge in [-0.05, 0) is 12.8 Å². The number of likely N-dealkylation sites (N-methyl/N-ethyl adjacent to an activating group) is 1. The Kier molecular flexibility index (Phi) is 3.87. The van der Waals surface area contributed by atoms with Crippen LogP contribution in [0.5, 0.6) is 0 Å². The van der Waals surface area contributed by atoms with Crippen molar-refractivity contribution in [1.29, 1.82) is 0 Å². The van der Waals surface area contributed by atoms with Gasteiger partial charge in [-0.1, -0.05) is 0 Å². The van der Waals surface area contributed by atoms with E-state index in [2.05, 4.69) is 0 Å². The fourth-order valence-electron chi connectivity index (χ4n) is 1.36. The van der Waals surface area contributed by atoms with Gasteiger partial charge in [-0.25, -0.2) is 0 Å². The van der Waals surface area contributed by atoms with Crippen LogP contribution in [-0.2, 0) is 14.4 Å². The summed E-state index contributed by atoms with van der Waals surface area (Å²) in [5.41, 5.74) is 0. The average Bonchev–Trinajstić information content (AvgIpc) is 2.96. The van der Waals surface area contributed by atoms with Crippen LogP contribution in [0.3, 0.4) is 0 Å². The Hall–Kier alpha value is -1.59. The van der Waals surface area contributed by atoms with Gasteiger partial charge in [0, 0.05) is 20.0 Å². The average molecular weight is 228 g/mol. The highest BCUT2D eigenvalue weighted by Crippen LogP contribution is 2.26.